The summed E-state index contributed by atoms with van der Waals surface area (Å²) in [5.74, 6) is 4.72. The minimum Gasteiger partial charge on any atom is -0.397 e. The second-order valence-corrected chi connectivity index (χ2v) is 30.8. The van der Waals surface area contributed by atoms with Crippen molar-refractivity contribution in [2.45, 2.75) is 214 Å². The molecule has 3 aliphatic carbocycles. The second kappa shape index (κ2) is 40.2. The molecule has 3 aromatic carbocycles. The third-order valence-corrected chi connectivity index (χ3v) is 20.6. The van der Waals surface area contributed by atoms with Crippen LogP contribution in [0.4, 0.5) is 48.8 Å². The van der Waals surface area contributed by atoms with E-state index in [1.165, 1.54) is 153 Å². The van der Waals surface area contributed by atoms with Gasteiger partial charge in [0.1, 0.15) is 0 Å². The molecule has 12 rings (SSSR count). The molecule has 9 aromatic rings. The predicted octanol–water partition coefficient (Wildman–Crippen LogP) is 17.5. The molecule has 3 fully saturated rings. The van der Waals surface area contributed by atoms with Crippen molar-refractivity contribution in [1.29, 1.82) is 0 Å². The monoisotopic (exact) mass is 1490 g/mol. The van der Waals surface area contributed by atoms with Gasteiger partial charge in [-0.25, -0.2) is 0 Å². The van der Waals surface area contributed by atoms with Crippen LogP contribution in [0.3, 0.4) is 0 Å². The number of anilines is 8. The van der Waals surface area contributed by atoms with E-state index in [-0.39, 0.29) is 27.7 Å². The summed E-state index contributed by atoms with van der Waals surface area (Å²) >= 11 is 26.2. The number of nitrogen functional groups attached to an aromatic ring is 1. The molecule has 538 valence electrons. The Kier molecular flexibility index (Phi) is 31.1. The lowest BCUT2D eigenvalue weighted by Crippen LogP contribution is -2.39. The zero-order chi connectivity index (χ0) is 71.5. The number of H-pyrrole nitrogens is 3. The topological polar surface area (TPSA) is 301 Å². The van der Waals surface area contributed by atoms with Gasteiger partial charge < -0.3 is 31.1 Å². The first kappa shape index (κ1) is 76.6. The van der Waals surface area contributed by atoms with Crippen LogP contribution in [-0.4, -0.2) is 135 Å². The van der Waals surface area contributed by atoms with Crippen molar-refractivity contribution in [3.63, 3.8) is 0 Å². The van der Waals surface area contributed by atoms with Crippen LogP contribution >= 0.6 is 81.0 Å². The largest absolute Gasteiger partial charge is 0.397 e. The maximum atomic E-state index is 9.96. The third kappa shape index (κ3) is 24.6. The predicted molar refractivity (Wildman–Crippen MR) is 403 cm³/mol. The van der Waals surface area contributed by atoms with E-state index in [0.717, 1.165) is 85.0 Å². The van der Waals surface area contributed by atoms with Gasteiger partial charge in [-0.1, -0.05) is 154 Å². The van der Waals surface area contributed by atoms with Gasteiger partial charge in [0.2, 0.25) is 30.6 Å². The van der Waals surface area contributed by atoms with Crippen molar-refractivity contribution < 1.29 is 5.76 Å². The molecule has 0 radical (unpaired) electrons. The van der Waals surface area contributed by atoms with Gasteiger partial charge in [0.15, 0.2) is 17.5 Å². The van der Waals surface area contributed by atoms with Gasteiger partial charge in [0.05, 0.1) is 42.6 Å². The van der Waals surface area contributed by atoms with Crippen molar-refractivity contribution in [2.75, 3.05) is 57.9 Å². The Morgan fingerprint density at radius 3 is 1.08 bits per heavy atom. The Hall–Kier alpha value is -6.56. The van der Waals surface area contributed by atoms with E-state index in [9.17, 15) is 4.39 Å². The summed E-state index contributed by atoms with van der Waals surface area (Å²) < 4.78 is 27.7. The Labute approximate surface area is 615 Å². The molecular weight excluding hydrogens is 1400 g/mol. The van der Waals surface area contributed by atoms with Gasteiger partial charge in [-0.3, -0.25) is 4.39 Å². The summed E-state index contributed by atoms with van der Waals surface area (Å²) in [5, 5.41) is 52.3. The maximum Gasteiger partial charge on any atom is 0.236 e. The van der Waals surface area contributed by atoms with Crippen molar-refractivity contribution in [3.05, 3.63) is 109 Å². The number of hydrogen-bond donors (Lipinski definition) is 6. The fraction of sp³-hybridized carbons (Fsp3) is 0.597. The lowest BCUT2D eigenvalue weighted by atomic mass is 9.92. The summed E-state index contributed by atoms with van der Waals surface area (Å²) in [7, 11) is -1.00. The van der Waals surface area contributed by atoms with Crippen molar-refractivity contribution in [3.8, 4) is 0 Å². The standard InChI is InChI=1S/2C22H31ClN8S.C20H32N6.C2Cl2N2S.CH3F/c2*1-14(2)13-31(17-7-5-4-6-8-17)19-10-9-16(15(3)11-20-26-29-30-27-20)12-18(19)24-22-25-21(23)28-32-22;1-14(2)13-26(17-7-5-4-6-8-17)19-10-9-16(12-18(19)21)15(3)11-20-22-24-25-23-20;3-1-5-2(4)7-6-1;1-2/h2*9-10,12,14-15,17H,4-8,11,13H2,1-3H3,(H,24,25,28)(H,26,27,29,30);9-10,12,14-15,17H,4-8,11,13,21H2,1-3H3,(H,22,23,24,25);;1H3/t3*15-;;/m111../s1/i;;;;1D. The molecule has 0 unspecified atom stereocenters. The SMILES string of the molecule is CC(C)CN(c1ccc([C@H](C)Cc2nn[nH]n2)cc1N)C1CCCCC1.CC(C)CN(c1ccc([C@H](C)Cc2nn[nH]n2)cc1Nc1nc(Cl)ns1)C1CCCCC1.CC(C)CN(c1ccc([C@H](C)Cc2nn[nH]n2)cc1Nc1nc(Cl)ns1)C1CCCCC1.Clc1nsc(Cl)n1.[2H]CF. The summed E-state index contributed by atoms with van der Waals surface area (Å²) in [4.78, 5) is 20.0. The normalized spacial score (nSPS) is 15.5. The molecule has 0 bridgehead atoms. The number of nitrogens with zero attached hydrogens (tertiary/aromatic N) is 18. The summed E-state index contributed by atoms with van der Waals surface area (Å²) in [6, 6.07) is 21.7. The van der Waals surface area contributed by atoms with Crippen molar-refractivity contribution >= 4 is 125 Å². The van der Waals surface area contributed by atoms with E-state index >= 15 is 0 Å². The Bertz CT molecular complexity index is 3560. The van der Waals surface area contributed by atoms with Crippen LogP contribution in [0.25, 0.3) is 0 Å². The van der Waals surface area contributed by atoms with E-state index in [2.05, 4.69) is 232 Å². The van der Waals surface area contributed by atoms with Gasteiger partial charge in [-0.05, 0) is 185 Å². The first-order chi connectivity index (χ1) is 48.2. The van der Waals surface area contributed by atoms with Crippen LogP contribution in [0.15, 0.2) is 54.6 Å². The lowest BCUT2D eigenvalue weighted by molar-refractivity contribution is 0.401. The van der Waals surface area contributed by atoms with Crippen LogP contribution in [-0.2, 0) is 19.3 Å². The summed E-state index contributed by atoms with van der Waals surface area (Å²) in [6.07, 6.45) is 21.6. The lowest BCUT2D eigenvalue weighted by Gasteiger charge is -2.38. The van der Waals surface area contributed by atoms with Crippen LogP contribution in [0.2, 0.25) is 20.3 Å². The van der Waals surface area contributed by atoms with Gasteiger partial charge >= 0.3 is 0 Å². The molecular formula is C67H97Cl4FN24S3. The molecule has 32 heteroatoms. The molecule has 24 nitrogen and oxygen atoms in total. The number of halogens is 5. The highest BCUT2D eigenvalue weighted by Gasteiger charge is 2.29. The Morgan fingerprint density at radius 1 is 0.485 bits per heavy atom. The zero-order valence-electron chi connectivity index (χ0n) is 59.2. The number of alkyl halides is 1. The fourth-order valence-electron chi connectivity index (χ4n) is 13.2. The first-order valence-electron chi connectivity index (χ1n) is 35.1. The van der Waals surface area contributed by atoms with E-state index in [1.807, 2.05) is 0 Å². The highest BCUT2D eigenvalue weighted by atomic mass is 35.5. The van der Waals surface area contributed by atoms with Crippen LogP contribution < -0.4 is 31.1 Å². The molecule has 0 aliphatic heterocycles. The second-order valence-electron chi connectivity index (χ2n) is 27.0. The van der Waals surface area contributed by atoms with Gasteiger partial charge in [0, 0.05) is 80.1 Å². The Balaban J connectivity index is 0.000000179. The molecule has 6 aromatic heterocycles. The number of tetrazole rings is 3. The van der Waals surface area contributed by atoms with Gasteiger partial charge in [-0.15, -0.1) is 30.6 Å². The van der Waals surface area contributed by atoms with Crippen LogP contribution in [0.1, 0.15) is 212 Å². The molecule has 3 saturated carbocycles. The number of benzene rings is 3. The number of nitrogens with two attached hydrogens (primary N) is 1. The Morgan fingerprint density at radius 2 is 0.808 bits per heavy atom. The van der Waals surface area contributed by atoms with Crippen LogP contribution in [0, 0.1) is 17.8 Å². The molecule has 99 heavy (non-hydrogen) atoms. The van der Waals surface area contributed by atoms with E-state index in [4.69, 9.17) is 53.5 Å². The highest BCUT2D eigenvalue weighted by molar-refractivity contribution is 7.10. The average Bonchev–Trinajstić information content (AvgIpc) is 1.61. The minimum absolute atomic E-state index is 0.218. The molecule has 0 spiro atoms. The fourth-order valence-corrected chi connectivity index (χ4v) is 15.4. The zero-order valence-corrected chi connectivity index (χ0v) is 63.7. The van der Waals surface area contributed by atoms with Crippen molar-refractivity contribution in [2.24, 2.45) is 17.8 Å². The number of hydrogen-bond acceptors (Lipinski definition) is 24. The summed E-state index contributed by atoms with van der Waals surface area (Å²) in [5.41, 5.74) is 16.8. The highest BCUT2D eigenvalue weighted by Crippen LogP contribution is 2.41. The quantitative estimate of drug-likeness (QED) is 0.0290. The van der Waals surface area contributed by atoms with E-state index < -0.39 is 7.15 Å². The van der Waals surface area contributed by atoms with E-state index in [1.54, 1.807) is 0 Å². The number of nitrogens with one attached hydrogen (secondary N) is 5. The molecule has 6 heterocycles. The maximum absolute atomic E-state index is 9.96. The third-order valence-electron chi connectivity index (χ3n) is 17.8. The molecule has 0 saturated heterocycles. The minimum atomic E-state index is -1.00. The van der Waals surface area contributed by atoms with Gasteiger partial charge in [-0.2, -0.15) is 43.7 Å². The van der Waals surface area contributed by atoms with Crippen LogP contribution in [0.5, 0.6) is 0 Å². The number of rotatable bonds is 25. The molecule has 3 aliphatic rings. The first-order valence-corrected chi connectivity index (χ1v) is 38.2. The number of aromatic amines is 3. The van der Waals surface area contributed by atoms with E-state index in [0.29, 0.717) is 56.5 Å². The number of aromatic nitrogens is 18. The van der Waals surface area contributed by atoms with Gasteiger partial charge in [0.25, 0.3) is 0 Å². The summed E-state index contributed by atoms with van der Waals surface area (Å²) in [6.45, 7) is 23.4. The molecule has 3 atom stereocenters. The molecule has 0 amide bonds. The average molecular weight is 1500 g/mol. The van der Waals surface area contributed by atoms with Crippen molar-refractivity contribution in [1.82, 2.24) is 89.9 Å². The molecule has 7 N–H and O–H groups in total. The smallest absolute Gasteiger partial charge is 0.236 e.